The molecule has 0 radical (unpaired) electrons. The summed E-state index contributed by atoms with van der Waals surface area (Å²) in [4.78, 5) is 22.6. The van der Waals surface area contributed by atoms with Crippen LogP contribution in [-0.4, -0.2) is 15.2 Å². The van der Waals surface area contributed by atoms with Crippen molar-refractivity contribution in [3.8, 4) is 0 Å². The van der Waals surface area contributed by atoms with E-state index in [1.807, 2.05) is 0 Å². The Kier molecular flexibility index (Phi) is 5.52. The number of alkyl halides is 3. The van der Waals surface area contributed by atoms with Crippen LogP contribution in [0.15, 0.2) is 47.4 Å². The van der Waals surface area contributed by atoms with E-state index < -0.39 is 22.4 Å². The van der Waals surface area contributed by atoms with Crippen LogP contribution in [0.4, 0.5) is 18.9 Å². The fraction of sp³-hybridized carbons (Fsp3) is 0.111. The van der Waals surface area contributed by atoms with Crippen molar-refractivity contribution < 1.29 is 22.9 Å². The van der Waals surface area contributed by atoms with E-state index in [1.165, 1.54) is 0 Å². The molecule has 1 fully saturated rings. The molecule has 0 aromatic heterocycles. The van der Waals surface area contributed by atoms with Crippen LogP contribution < -0.4 is 5.32 Å². The summed E-state index contributed by atoms with van der Waals surface area (Å²) in [7, 11) is 0. The Labute approximate surface area is 166 Å². The summed E-state index contributed by atoms with van der Waals surface area (Å²) in [5.74, 6) is -0.307. The van der Waals surface area contributed by atoms with Gasteiger partial charge < -0.3 is 5.32 Å². The Morgan fingerprint density at radius 1 is 1.21 bits per heavy atom. The van der Waals surface area contributed by atoms with Gasteiger partial charge in [-0.3, -0.25) is 14.9 Å². The van der Waals surface area contributed by atoms with Crippen molar-refractivity contribution in [2.75, 3.05) is 0 Å². The maximum atomic E-state index is 12.8. The highest BCUT2D eigenvalue weighted by molar-refractivity contribution is 8.26. The number of hydrogen-bond acceptors (Lipinski definition) is 5. The number of thiocarbonyl (C=S) groups is 1. The van der Waals surface area contributed by atoms with E-state index in [2.05, 4.69) is 5.32 Å². The normalized spacial score (nSPS) is 15.8. The Bertz CT molecular complexity index is 1020. The van der Waals surface area contributed by atoms with Gasteiger partial charge in [-0.1, -0.05) is 54.3 Å². The number of nitrogens with one attached hydrogen (secondary N) is 1. The van der Waals surface area contributed by atoms with Crippen molar-refractivity contribution in [1.29, 1.82) is 0 Å². The summed E-state index contributed by atoms with van der Waals surface area (Å²) in [5.41, 5.74) is -0.161. The third kappa shape index (κ3) is 4.57. The van der Waals surface area contributed by atoms with Gasteiger partial charge in [0.05, 0.1) is 15.4 Å². The topological polar surface area (TPSA) is 72.2 Å². The average molecular weight is 424 g/mol. The van der Waals surface area contributed by atoms with Crippen LogP contribution in [0.5, 0.6) is 0 Å². The van der Waals surface area contributed by atoms with Crippen LogP contribution in [0, 0.1) is 10.1 Å². The summed E-state index contributed by atoms with van der Waals surface area (Å²) < 4.78 is 38.8. The maximum absolute atomic E-state index is 12.8. The summed E-state index contributed by atoms with van der Waals surface area (Å²) >= 11 is 6.05. The predicted molar refractivity (Wildman–Crippen MR) is 104 cm³/mol. The molecule has 1 N–H and O–H groups in total. The third-order valence-corrected chi connectivity index (χ3v) is 5.06. The fourth-order valence-electron chi connectivity index (χ4n) is 2.64. The number of amides is 1. The molecule has 144 valence electrons. The molecule has 0 aliphatic carbocycles. The lowest BCUT2D eigenvalue weighted by atomic mass is 9.99. The van der Waals surface area contributed by atoms with Crippen LogP contribution >= 0.6 is 24.0 Å². The first-order chi connectivity index (χ1) is 13.1. The van der Waals surface area contributed by atoms with Crippen molar-refractivity contribution >= 4 is 46.0 Å². The molecule has 3 rings (SSSR count). The van der Waals surface area contributed by atoms with E-state index >= 15 is 0 Å². The molecule has 2 aromatic carbocycles. The molecule has 2 aromatic rings. The lowest BCUT2D eigenvalue weighted by Crippen LogP contribution is -2.17. The highest BCUT2D eigenvalue weighted by Crippen LogP contribution is 2.34. The first-order valence-electron chi connectivity index (χ1n) is 7.82. The molecule has 1 heterocycles. The summed E-state index contributed by atoms with van der Waals surface area (Å²) in [6.07, 6.45) is -2.96. The second-order valence-electron chi connectivity index (χ2n) is 5.87. The standard InChI is InChI=1S/C18H11F3N2O3S2/c19-18(20,21)13-5-4-12(14(9-13)23(25)26)7-10-2-1-3-11(6-10)8-15-16(24)22-17(27)28-15/h1-6,8-9H,7H2,(H,22,24,27)/b15-8+. The van der Waals surface area contributed by atoms with Gasteiger partial charge in [0, 0.05) is 18.1 Å². The second-order valence-corrected chi connectivity index (χ2v) is 7.59. The first-order valence-corrected chi connectivity index (χ1v) is 9.04. The number of thioether (sulfide) groups is 1. The number of rotatable bonds is 4. The number of benzene rings is 2. The van der Waals surface area contributed by atoms with Crippen molar-refractivity contribution in [1.82, 2.24) is 5.32 Å². The van der Waals surface area contributed by atoms with Gasteiger partial charge in [-0.15, -0.1) is 0 Å². The summed E-state index contributed by atoms with van der Waals surface area (Å²) in [6, 6.07) is 9.35. The van der Waals surface area contributed by atoms with E-state index in [1.54, 1.807) is 30.3 Å². The van der Waals surface area contributed by atoms with Gasteiger partial charge in [0.2, 0.25) is 0 Å². The minimum absolute atomic E-state index is 0.0726. The number of nitro groups is 1. The van der Waals surface area contributed by atoms with Crippen LogP contribution in [0.2, 0.25) is 0 Å². The van der Waals surface area contributed by atoms with Crippen LogP contribution in [0.25, 0.3) is 6.08 Å². The Morgan fingerprint density at radius 2 is 1.96 bits per heavy atom. The van der Waals surface area contributed by atoms with Gasteiger partial charge in [-0.05, 0) is 23.3 Å². The highest BCUT2D eigenvalue weighted by atomic mass is 32.2. The lowest BCUT2D eigenvalue weighted by Gasteiger charge is -2.09. The quantitative estimate of drug-likeness (QED) is 0.334. The molecule has 0 unspecified atom stereocenters. The van der Waals surface area contributed by atoms with Gasteiger partial charge in [-0.2, -0.15) is 13.2 Å². The lowest BCUT2D eigenvalue weighted by molar-refractivity contribution is -0.385. The summed E-state index contributed by atoms with van der Waals surface area (Å²) in [6.45, 7) is 0. The molecule has 1 aliphatic rings. The molecule has 5 nitrogen and oxygen atoms in total. The van der Waals surface area contributed by atoms with Gasteiger partial charge >= 0.3 is 6.18 Å². The molecule has 0 saturated carbocycles. The van der Waals surface area contributed by atoms with Crippen molar-refractivity contribution in [3.05, 3.63) is 79.7 Å². The molecule has 10 heteroatoms. The van der Waals surface area contributed by atoms with Gasteiger partial charge in [0.1, 0.15) is 4.32 Å². The van der Waals surface area contributed by atoms with E-state index in [4.69, 9.17) is 12.2 Å². The van der Waals surface area contributed by atoms with Crippen molar-refractivity contribution in [2.24, 2.45) is 0 Å². The monoisotopic (exact) mass is 424 g/mol. The Morgan fingerprint density at radius 3 is 2.57 bits per heavy atom. The van der Waals surface area contributed by atoms with E-state index in [0.717, 1.165) is 23.9 Å². The smallest absolute Gasteiger partial charge is 0.307 e. The molecule has 0 atom stereocenters. The minimum atomic E-state index is -4.66. The maximum Gasteiger partial charge on any atom is 0.416 e. The summed E-state index contributed by atoms with van der Waals surface area (Å²) in [5, 5.41) is 13.7. The zero-order chi connectivity index (χ0) is 20.5. The SMILES string of the molecule is O=C1NC(=S)S/C1=C/c1cccc(Cc2ccc(C(F)(F)F)cc2[N+](=O)[O-])c1. The van der Waals surface area contributed by atoms with Crippen LogP contribution in [0.3, 0.4) is 0 Å². The zero-order valence-electron chi connectivity index (χ0n) is 13.9. The number of nitro benzene ring substituents is 1. The molecule has 1 amide bonds. The number of carbonyl (C=O) groups is 1. The van der Waals surface area contributed by atoms with Crippen molar-refractivity contribution in [3.63, 3.8) is 0 Å². The fourth-order valence-corrected chi connectivity index (χ4v) is 3.69. The first kappa shape index (κ1) is 20.0. The number of halogens is 3. The minimum Gasteiger partial charge on any atom is -0.307 e. The number of carbonyl (C=O) groups excluding carboxylic acids is 1. The Balaban J connectivity index is 1.90. The molecule has 28 heavy (non-hydrogen) atoms. The van der Waals surface area contributed by atoms with Gasteiger partial charge in [-0.25, -0.2) is 0 Å². The number of hydrogen-bond donors (Lipinski definition) is 1. The van der Waals surface area contributed by atoms with E-state index in [0.29, 0.717) is 26.4 Å². The molecule has 1 saturated heterocycles. The van der Waals surface area contributed by atoms with Gasteiger partial charge in [0.25, 0.3) is 11.6 Å². The van der Waals surface area contributed by atoms with E-state index in [-0.39, 0.29) is 17.9 Å². The van der Waals surface area contributed by atoms with E-state index in [9.17, 15) is 28.1 Å². The predicted octanol–water partition coefficient (Wildman–Crippen LogP) is 4.69. The Hall–Kier alpha value is -2.72. The van der Waals surface area contributed by atoms with Crippen molar-refractivity contribution in [2.45, 2.75) is 12.6 Å². The van der Waals surface area contributed by atoms with Gasteiger partial charge in [0.15, 0.2) is 0 Å². The van der Waals surface area contributed by atoms with Crippen LogP contribution in [-0.2, 0) is 17.4 Å². The second kappa shape index (κ2) is 7.72. The molecular weight excluding hydrogens is 413 g/mol. The average Bonchev–Trinajstić information content (AvgIpc) is 2.91. The molecular formula is C18H11F3N2O3S2. The third-order valence-electron chi connectivity index (χ3n) is 3.89. The molecule has 0 spiro atoms. The number of nitrogens with zero attached hydrogens (tertiary/aromatic N) is 1. The highest BCUT2D eigenvalue weighted by Gasteiger charge is 2.33. The molecule has 0 bridgehead atoms. The molecule has 1 aliphatic heterocycles. The zero-order valence-corrected chi connectivity index (χ0v) is 15.6. The largest absolute Gasteiger partial charge is 0.416 e. The van der Waals surface area contributed by atoms with Crippen LogP contribution in [0.1, 0.15) is 22.3 Å².